The molecule has 45 heavy (non-hydrogen) atoms. The molecule has 3 saturated heterocycles. The first-order valence-corrected chi connectivity index (χ1v) is 15.6. The zero-order valence-corrected chi connectivity index (χ0v) is 26.4. The molecule has 3 unspecified atom stereocenters. The Hall–Kier alpha value is -4.21. The molecule has 236 valence electrons. The number of rotatable bonds is 9. The Morgan fingerprint density at radius 3 is 2.29 bits per heavy atom. The number of hydrogen-bond acceptors (Lipinski definition) is 6. The van der Waals surface area contributed by atoms with Gasteiger partial charge in [-0.05, 0) is 81.0 Å². The van der Waals surface area contributed by atoms with E-state index < -0.39 is 47.6 Å². The van der Waals surface area contributed by atoms with Crippen LogP contribution in [-0.2, 0) is 19.1 Å². The Morgan fingerprint density at radius 2 is 1.67 bits per heavy atom. The summed E-state index contributed by atoms with van der Waals surface area (Å²) in [5.74, 6) is -2.34. The van der Waals surface area contributed by atoms with Gasteiger partial charge in [0.05, 0.1) is 36.7 Å². The maximum atomic E-state index is 14.7. The molecule has 0 saturated carbocycles. The lowest BCUT2D eigenvalue weighted by Gasteiger charge is -2.37. The monoisotopic (exact) mass is 611 g/mol. The molecular weight excluding hydrogens is 570 g/mol. The van der Waals surface area contributed by atoms with Crippen molar-refractivity contribution in [2.75, 3.05) is 23.8 Å². The van der Waals surface area contributed by atoms with Gasteiger partial charge >= 0.3 is 0 Å². The highest BCUT2D eigenvalue weighted by Gasteiger charge is 2.80. The number of nitrogens with zero attached hydrogens (tertiary/aromatic N) is 1. The van der Waals surface area contributed by atoms with E-state index in [1.807, 2.05) is 83.1 Å². The maximum Gasteiger partial charge on any atom is 0.250 e. The van der Waals surface area contributed by atoms with Crippen molar-refractivity contribution >= 4 is 29.1 Å². The van der Waals surface area contributed by atoms with Gasteiger partial charge in [0.1, 0.15) is 17.4 Å². The number of likely N-dealkylation sites (tertiary alicyclic amines) is 1. The lowest BCUT2D eigenvalue weighted by Crippen LogP contribution is -2.54. The van der Waals surface area contributed by atoms with Crippen molar-refractivity contribution in [3.63, 3.8) is 0 Å². The van der Waals surface area contributed by atoms with Crippen molar-refractivity contribution < 1.29 is 29.0 Å². The number of ether oxygens (including phenoxy) is 2. The number of carbonyl (C=O) groups is 3. The van der Waals surface area contributed by atoms with Gasteiger partial charge < -0.3 is 30.1 Å². The van der Waals surface area contributed by atoms with Gasteiger partial charge in [-0.25, -0.2) is 0 Å². The van der Waals surface area contributed by atoms with Crippen molar-refractivity contribution in [1.82, 2.24) is 4.90 Å². The van der Waals surface area contributed by atoms with Gasteiger partial charge in [0.2, 0.25) is 17.7 Å². The minimum Gasteiger partial charge on any atom is -0.494 e. The Kier molecular flexibility index (Phi) is 7.95. The second-order valence-corrected chi connectivity index (χ2v) is 12.8. The molecule has 3 heterocycles. The standard InChI is InChI=1S/C36H41N3O6/c1-6-44-26-17-15-25(16-18-26)37-32(41)28-29-34(43)39(27(20-40)24-13-8-7-9-14-24)31(36(29)19-23(4)35(28,5)45-36)33(42)38-30-21(2)11-10-12-22(30)3/h7-18,23,27-29,31,40H,6,19-20H2,1-5H3,(H,37,41)(H,38,42)/t23?,27-,28-,29+,31?,35+,36?/m1/s1. The van der Waals surface area contributed by atoms with Crippen LogP contribution in [0.15, 0.2) is 72.8 Å². The molecule has 3 N–H and O–H groups in total. The fraction of sp³-hybridized carbons (Fsp3) is 0.417. The highest BCUT2D eigenvalue weighted by molar-refractivity contribution is 6.06. The van der Waals surface area contributed by atoms with Gasteiger partial charge in [-0.2, -0.15) is 0 Å². The van der Waals surface area contributed by atoms with Crippen molar-refractivity contribution in [3.8, 4) is 5.75 Å². The summed E-state index contributed by atoms with van der Waals surface area (Å²) in [6.07, 6.45) is 0.418. The van der Waals surface area contributed by atoms with Crippen LogP contribution in [0.5, 0.6) is 5.75 Å². The molecule has 6 rings (SSSR count). The smallest absolute Gasteiger partial charge is 0.250 e. The molecule has 0 aliphatic carbocycles. The Balaban J connectivity index is 1.43. The van der Waals surface area contributed by atoms with E-state index in [0.717, 1.165) is 11.1 Å². The number of amides is 3. The van der Waals surface area contributed by atoms with Gasteiger partial charge in [0.25, 0.3) is 0 Å². The van der Waals surface area contributed by atoms with Crippen LogP contribution in [0.25, 0.3) is 0 Å². The molecule has 3 aromatic rings. The molecule has 3 aliphatic heterocycles. The fourth-order valence-electron chi connectivity index (χ4n) is 7.97. The number of benzene rings is 3. The van der Waals surface area contributed by atoms with E-state index >= 15 is 0 Å². The third-order valence-electron chi connectivity index (χ3n) is 10.1. The number of aryl methyl sites for hydroxylation is 2. The Morgan fingerprint density at radius 1 is 1.00 bits per heavy atom. The fourth-order valence-corrected chi connectivity index (χ4v) is 7.97. The summed E-state index contributed by atoms with van der Waals surface area (Å²) in [6, 6.07) is 20.2. The number of fused-ring (bicyclic) bond motifs is 1. The first-order chi connectivity index (χ1) is 21.6. The highest BCUT2D eigenvalue weighted by atomic mass is 16.5. The lowest BCUT2D eigenvalue weighted by molar-refractivity contribution is -0.148. The second-order valence-electron chi connectivity index (χ2n) is 12.8. The first-order valence-electron chi connectivity index (χ1n) is 15.6. The molecule has 3 amide bonds. The van der Waals surface area contributed by atoms with Gasteiger partial charge in [0.15, 0.2) is 0 Å². The first kappa shape index (κ1) is 30.8. The van der Waals surface area contributed by atoms with E-state index in [1.165, 1.54) is 4.90 Å². The van der Waals surface area contributed by atoms with E-state index in [1.54, 1.807) is 24.3 Å². The molecule has 3 aliphatic rings. The quantitative estimate of drug-likeness (QED) is 0.313. The Bertz CT molecular complexity index is 1590. The molecule has 3 fully saturated rings. The summed E-state index contributed by atoms with van der Waals surface area (Å²) in [4.78, 5) is 44.9. The number of anilines is 2. The minimum atomic E-state index is -1.27. The van der Waals surface area contributed by atoms with Crippen LogP contribution in [0.3, 0.4) is 0 Å². The van der Waals surface area contributed by atoms with Gasteiger partial charge in [-0.15, -0.1) is 0 Å². The topological polar surface area (TPSA) is 117 Å². The van der Waals surface area contributed by atoms with E-state index in [-0.39, 0.29) is 17.7 Å². The number of hydrogen-bond donors (Lipinski definition) is 3. The van der Waals surface area contributed by atoms with E-state index in [2.05, 4.69) is 10.6 Å². The third-order valence-corrected chi connectivity index (χ3v) is 10.1. The van der Waals surface area contributed by atoms with Crippen LogP contribution in [0.1, 0.15) is 49.9 Å². The average molecular weight is 612 g/mol. The van der Waals surface area contributed by atoms with Crippen LogP contribution in [0.2, 0.25) is 0 Å². The summed E-state index contributed by atoms with van der Waals surface area (Å²) in [6.45, 7) is 9.76. The van der Waals surface area contributed by atoms with Crippen LogP contribution in [-0.4, -0.2) is 58.2 Å². The Labute approximate surface area is 263 Å². The summed E-state index contributed by atoms with van der Waals surface area (Å²) in [7, 11) is 0. The van der Waals surface area contributed by atoms with Crippen molar-refractivity contribution in [2.24, 2.45) is 17.8 Å². The zero-order chi connectivity index (χ0) is 32.1. The largest absolute Gasteiger partial charge is 0.494 e. The molecule has 3 aromatic carbocycles. The van der Waals surface area contributed by atoms with Gasteiger partial charge in [-0.3, -0.25) is 14.4 Å². The predicted octanol–water partition coefficient (Wildman–Crippen LogP) is 5.02. The summed E-state index contributed by atoms with van der Waals surface area (Å²) < 4.78 is 12.4. The molecule has 2 bridgehead atoms. The van der Waals surface area contributed by atoms with Crippen molar-refractivity contribution in [1.29, 1.82) is 0 Å². The summed E-state index contributed by atoms with van der Waals surface area (Å²) in [5.41, 5.74) is 1.46. The maximum absolute atomic E-state index is 14.7. The van der Waals surface area contributed by atoms with Crippen molar-refractivity contribution in [3.05, 3.63) is 89.5 Å². The summed E-state index contributed by atoms with van der Waals surface area (Å²) >= 11 is 0. The molecule has 1 spiro atoms. The minimum absolute atomic E-state index is 0.127. The molecule has 0 radical (unpaired) electrons. The van der Waals surface area contributed by atoms with Crippen molar-refractivity contribution in [2.45, 2.75) is 64.3 Å². The van der Waals surface area contributed by atoms with Gasteiger partial charge in [0, 0.05) is 11.4 Å². The molecule has 9 nitrogen and oxygen atoms in total. The van der Waals surface area contributed by atoms with E-state index in [0.29, 0.717) is 35.7 Å². The van der Waals surface area contributed by atoms with Crippen LogP contribution >= 0.6 is 0 Å². The molecule has 9 heteroatoms. The van der Waals surface area contributed by atoms with Crippen LogP contribution in [0.4, 0.5) is 11.4 Å². The summed E-state index contributed by atoms with van der Waals surface area (Å²) in [5, 5.41) is 16.9. The van der Waals surface area contributed by atoms with E-state index in [9.17, 15) is 19.5 Å². The highest BCUT2D eigenvalue weighted by Crippen LogP contribution is 2.66. The number of aliphatic hydroxyl groups is 1. The predicted molar refractivity (Wildman–Crippen MR) is 171 cm³/mol. The second kappa shape index (κ2) is 11.6. The number of carbonyl (C=O) groups excluding carboxylic acids is 3. The number of para-hydroxylation sites is 1. The van der Waals surface area contributed by atoms with Crippen LogP contribution in [0, 0.1) is 31.6 Å². The van der Waals surface area contributed by atoms with Gasteiger partial charge in [-0.1, -0.05) is 55.5 Å². The molecule has 7 atom stereocenters. The molecule has 0 aromatic heterocycles. The van der Waals surface area contributed by atoms with Crippen LogP contribution < -0.4 is 15.4 Å². The normalized spacial score (nSPS) is 28.9. The lowest BCUT2D eigenvalue weighted by atomic mass is 9.62. The third kappa shape index (κ3) is 4.89. The zero-order valence-electron chi connectivity index (χ0n) is 26.4. The average Bonchev–Trinajstić information content (AvgIpc) is 3.54. The SMILES string of the molecule is CCOc1ccc(NC(=O)[C@H]2[C@H]3C(=O)N([C@H](CO)c4ccccc4)C(C(=O)Nc4c(C)cccc4C)C34CC(C)[C@]2(C)O4)cc1. The number of aliphatic hydroxyl groups excluding tert-OH is 1. The molecular formula is C36H41N3O6. The van der Waals surface area contributed by atoms with E-state index in [4.69, 9.17) is 9.47 Å². The number of nitrogens with one attached hydrogen (secondary N) is 2.